The number of hydrogen-bond donors (Lipinski definition) is 0. The smallest absolute Gasteiger partial charge is 0.254 e. The van der Waals surface area contributed by atoms with Crippen LogP contribution in [0, 0.1) is 0 Å². The molecule has 1 atom stereocenters. The molecule has 2 aromatic rings. The van der Waals surface area contributed by atoms with E-state index in [1.165, 1.54) is 11.0 Å². The van der Waals surface area contributed by atoms with Gasteiger partial charge in [-0.1, -0.05) is 6.07 Å². The van der Waals surface area contributed by atoms with Crippen LogP contribution in [-0.4, -0.2) is 55.8 Å². The highest BCUT2D eigenvalue weighted by molar-refractivity contribution is 5.94. The summed E-state index contributed by atoms with van der Waals surface area (Å²) < 4.78 is 7.38. The minimum Gasteiger partial charge on any atom is -0.369 e. The normalized spacial score (nSPS) is 20.9. The maximum atomic E-state index is 12.8. The van der Waals surface area contributed by atoms with E-state index in [2.05, 4.69) is 15.5 Å². The largest absolute Gasteiger partial charge is 0.369 e. The molecule has 7 heteroatoms. The van der Waals surface area contributed by atoms with Gasteiger partial charge in [0, 0.05) is 18.7 Å². The van der Waals surface area contributed by atoms with Crippen LogP contribution in [0.15, 0.2) is 30.6 Å². The van der Waals surface area contributed by atoms with Crippen LogP contribution in [0.2, 0.25) is 0 Å². The zero-order chi connectivity index (χ0) is 15.7. The van der Waals surface area contributed by atoms with Crippen LogP contribution >= 0.6 is 0 Å². The number of nitrogens with zero attached hydrogens (tertiary/aromatic N) is 5. The van der Waals surface area contributed by atoms with E-state index >= 15 is 0 Å². The van der Waals surface area contributed by atoms with Gasteiger partial charge in [0.2, 0.25) is 0 Å². The summed E-state index contributed by atoms with van der Waals surface area (Å²) in [6.45, 7) is 7.15. The number of aromatic nitrogens is 4. The van der Waals surface area contributed by atoms with Crippen molar-refractivity contribution in [3.05, 3.63) is 36.2 Å². The number of hydrogen-bond acceptors (Lipinski definition) is 5. The molecule has 0 spiro atoms. The Morgan fingerprint density at radius 3 is 2.91 bits per heavy atom. The maximum Gasteiger partial charge on any atom is 0.254 e. The Bertz CT molecular complexity index is 668. The summed E-state index contributed by atoms with van der Waals surface area (Å²) in [6.07, 6.45) is 1.53. The molecule has 0 N–H and O–H groups in total. The van der Waals surface area contributed by atoms with Gasteiger partial charge in [-0.25, -0.2) is 4.68 Å². The minimum atomic E-state index is -0.333. The van der Waals surface area contributed by atoms with Gasteiger partial charge < -0.3 is 9.64 Å². The van der Waals surface area contributed by atoms with Crippen molar-refractivity contribution in [2.45, 2.75) is 32.5 Å². The van der Waals surface area contributed by atoms with Gasteiger partial charge in [-0.05, 0) is 49.4 Å². The van der Waals surface area contributed by atoms with Gasteiger partial charge in [-0.15, -0.1) is 5.10 Å². The molecule has 0 radical (unpaired) electrons. The molecule has 1 saturated heterocycles. The van der Waals surface area contributed by atoms with Gasteiger partial charge in [0.1, 0.15) is 6.33 Å². The Kier molecular flexibility index (Phi) is 3.66. The quantitative estimate of drug-likeness (QED) is 0.836. The van der Waals surface area contributed by atoms with E-state index in [1.54, 1.807) is 6.07 Å². The first-order chi connectivity index (χ1) is 10.4. The molecule has 1 aliphatic heterocycles. The third-order valence-corrected chi connectivity index (χ3v) is 3.56. The molecule has 0 bridgehead atoms. The monoisotopic (exact) mass is 301 g/mol. The second-order valence-electron chi connectivity index (χ2n) is 6.18. The molecule has 0 aliphatic carbocycles. The number of amides is 1. The number of rotatable bonds is 2. The molecule has 1 aromatic carbocycles. The lowest BCUT2D eigenvalue weighted by atomic mass is 10.0. The molecule has 116 valence electrons. The summed E-state index contributed by atoms with van der Waals surface area (Å²) in [4.78, 5) is 14.6. The number of carbonyl (C=O) groups excluding carboxylic acids is 1. The van der Waals surface area contributed by atoms with Crippen molar-refractivity contribution in [2.75, 3.05) is 13.1 Å². The van der Waals surface area contributed by atoms with Crippen LogP contribution in [0.4, 0.5) is 0 Å². The van der Waals surface area contributed by atoms with E-state index in [-0.39, 0.29) is 17.6 Å². The Morgan fingerprint density at radius 2 is 2.23 bits per heavy atom. The average molecular weight is 301 g/mol. The number of tetrazole rings is 1. The molecule has 7 nitrogen and oxygen atoms in total. The first-order valence-corrected chi connectivity index (χ1v) is 7.25. The van der Waals surface area contributed by atoms with Crippen molar-refractivity contribution < 1.29 is 9.53 Å². The molecule has 1 fully saturated rings. The summed E-state index contributed by atoms with van der Waals surface area (Å²) in [6, 6.07) is 7.30. The Hall–Kier alpha value is -2.28. The summed E-state index contributed by atoms with van der Waals surface area (Å²) in [5, 5.41) is 11.1. The summed E-state index contributed by atoms with van der Waals surface area (Å²) in [5.41, 5.74) is 1.05. The highest BCUT2D eigenvalue weighted by Gasteiger charge is 2.34. The van der Waals surface area contributed by atoms with E-state index in [0.29, 0.717) is 18.7 Å². The number of benzene rings is 1. The lowest BCUT2D eigenvalue weighted by Crippen LogP contribution is -2.53. The van der Waals surface area contributed by atoms with Crippen molar-refractivity contribution in [1.82, 2.24) is 25.1 Å². The van der Waals surface area contributed by atoms with E-state index < -0.39 is 0 Å². The van der Waals surface area contributed by atoms with Crippen LogP contribution in [-0.2, 0) is 4.74 Å². The van der Waals surface area contributed by atoms with Gasteiger partial charge in [-0.2, -0.15) is 0 Å². The molecule has 2 heterocycles. The van der Waals surface area contributed by atoms with Crippen LogP contribution < -0.4 is 0 Å². The Morgan fingerprint density at radius 1 is 1.41 bits per heavy atom. The zero-order valence-electron chi connectivity index (χ0n) is 12.9. The fraction of sp³-hybridized carbons (Fsp3) is 0.467. The number of carbonyl (C=O) groups is 1. The first kappa shape index (κ1) is 14.6. The fourth-order valence-corrected chi connectivity index (χ4v) is 2.85. The lowest BCUT2D eigenvalue weighted by Gasteiger charge is -2.41. The summed E-state index contributed by atoms with van der Waals surface area (Å²) >= 11 is 0. The number of ether oxygens (including phenoxy) is 1. The van der Waals surface area contributed by atoms with Crippen LogP contribution in [0.25, 0.3) is 5.69 Å². The molecule has 1 aliphatic rings. The van der Waals surface area contributed by atoms with Gasteiger partial charge in [0.15, 0.2) is 0 Å². The second-order valence-corrected chi connectivity index (χ2v) is 6.18. The predicted molar refractivity (Wildman–Crippen MR) is 79.7 cm³/mol. The first-order valence-electron chi connectivity index (χ1n) is 7.25. The standard InChI is InChI=1S/C15H19N5O2/c1-11-8-19(9-15(2,3)22-11)14(21)12-5-4-6-13(7-12)20-10-16-17-18-20/h4-7,10-11H,8-9H2,1-3H3. The van der Waals surface area contributed by atoms with Gasteiger partial charge in [0.05, 0.1) is 17.4 Å². The Labute approximate surface area is 128 Å². The Balaban J connectivity index is 1.85. The molecular formula is C15H19N5O2. The third-order valence-electron chi connectivity index (χ3n) is 3.56. The number of morpholine rings is 1. The molecular weight excluding hydrogens is 282 g/mol. The van der Waals surface area contributed by atoms with E-state index in [1.807, 2.05) is 43.9 Å². The van der Waals surface area contributed by atoms with Crippen molar-refractivity contribution >= 4 is 5.91 Å². The average Bonchev–Trinajstić information content (AvgIpc) is 2.98. The molecule has 3 rings (SSSR count). The van der Waals surface area contributed by atoms with Crippen LogP contribution in [0.3, 0.4) is 0 Å². The predicted octanol–water partition coefficient (Wildman–Crippen LogP) is 1.30. The molecule has 1 aromatic heterocycles. The minimum absolute atomic E-state index is 0.00171. The van der Waals surface area contributed by atoms with Gasteiger partial charge in [0.25, 0.3) is 5.91 Å². The summed E-state index contributed by atoms with van der Waals surface area (Å²) in [5.74, 6) is -0.00171. The third kappa shape index (κ3) is 2.99. The topological polar surface area (TPSA) is 73.1 Å². The fourth-order valence-electron chi connectivity index (χ4n) is 2.85. The molecule has 1 amide bonds. The van der Waals surface area contributed by atoms with Crippen molar-refractivity contribution in [3.8, 4) is 5.69 Å². The molecule has 0 saturated carbocycles. The SMILES string of the molecule is CC1CN(C(=O)c2cccc(-n3cnnn3)c2)CC(C)(C)O1. The van der Waals surface area contributed by atoms with Crippen molar-refractivity contribution in [2.24, 2.45) is 0 Å². The lowest BCUT2D eigenvalue weighted by molar-refractivity contribution is -0.118. The maximum absolute atomic E-state index is 12.8. The van der Waals surface area contributed by atoms with E-state index in [0.717, 1.165) is 5.69 Å². The van der Waals surface area contributed by atoms with Crippen LogP contribution in [0.1, 0.15) is 31.1 Å². The van der Waals surface area contributed by atoms with E-state index in [4.69, 9.17) is 4.74 Å². The zero-order valence-corrected chi connectivity index (χ0v) is 12.9. The second kappa shape index (κ2) is 5.49. The van der Waals surface area contributed by atoms with Crippen molar-refractivity contribution in [1.29, 1.82) is 0 Å². The van der Waals surface area contributed by atoms with Crippen LogP contribution in [0.5, 0.6) is 0 Å². The summed E-state index contributed by atoms with van der Waals surface area (Å²) in [7, 11) is 0. The van der Waals surface area contributed by atoms with E-state index in [9.17, 15) is 4.79 Å². The highest BCUT2D eigenvalue weighted by Crippen LogP contribution is 2.22. The van der Waals surface area contributed by atoms with Gasteiger partial charge in [-0.3, -0.25) is 4.79 Å². The molecule has 22 heavy (non-hydrogen) atoms. The van der Waals surface area contributed by atoms with Gasteiger partial charge >= 0.3 is 0 Å². The highest BCUT2D eigenvalue weighted by atomic mass is 16.5. The van der Waals surface area contributed by atoms with Crippen molar-refractivity contribution in [3.63, 3.8) is 0 Å². The molecule has 1 unspecified atom stereocenters.